The molecule has 0 aliphatic carbocycles. The van der Waals surface area contributed by atoms with Crippen LogP contribution >= 0.6 is 0 Å². The van der Waals surface area contributed by atoms with E-state index in [4.69, 9.17) is 4.74 Å². The zero-order valence-corrected chi connectivity index (χ0v) is 27.3. The van der Waals surface area contributed by atoms with Gasteiger partial charge in [-0.05, 0) is 91.9 Å². The van der Waals surface area contributed by atoms with E-state index in [9.17, 15) is 9.59 Å². The summed E-state index contributed by atoms with van der Waals surface area (Å²) in [5.74, 6) is 0.301. The number of benzene rings is 3. The molecule has 8 heteroatoms. The first-order chi connectivity index (χ1) is 22.8. The number of pyridine rings is 1. The van der Waals surface area contributed by atoms with E-state index in [1.165, 1.54) is 16.7 Å². The summed E-state index contributed by atoms with van der Waals surface area (Å²) >= 11 is 0. The summed E-state index contributed by atoms with van der Waals surface area (Å²) in [6.07, 6.45) is 3.35. The number of fused-ring (bicyclic) bond motifs is 2. The summed E-state index contributed by atoms with van der Waals surface area (Å²) in [6.45, 7) is 6.27. The highest BCUT2D eigenvalue weighted by Crippen LogP contribution is 2.36. The summed E-state index contributed by atoms with van der Waals surface area (Å²) < 4.78 is 7.31. The van der Waals surface area contributed by atoms with Crippen molar-refractivity contribution in [2.24, 2.45) is 7.05 Å². The first-order valence-electron chi connectivity index (χ1n) is 16.1. The van der Waals surface area contributed by atoms with Crippen LogP contribution in [0, 0.1) is 6.92 Å². The minimum absolute atomic E-state index is 0.0114. The van der Waals surface area contributed by atoms with Gasteiger partial charge in [0.1, 0.15) is 0 Å². The molecule has 2 amide bonds. The van der Waals surface area contributed by atoms with Crippen molar-refractivity contribution >= 4 is 23.2 Å². The van der Waals surface area contributed by atoms with Gasteiger partial charge in [0.25, 0.3) is 11.8 Å². The molecule has 0 saturated carbocycles. The molecule has 0 radical (unpaired) electrons. The van der Waals surface area contributed by atoms with Crippen molar-refractivity contribution < 1.29 is 14.3 Å². The number of amides is 2. The summed E-state index contributed by atoms with van der Waals surface area (Å²) in [7, 11) is 3.54. The number of nitrogens with one attached hydrogen (secondary N) is 1. The molecule has 0 bridgehead atoms. The molecule has 2 aliphatic rings. The van der Waals surface area contributed by atoms with Crippen molar-refractivity contribution in [1.29, 1.82) is 0 Å². The number of nitrogens with zero attached hydrogens (tertiary/aromatic N) is 4. The van der Waals surface area contributed by atoms with Gasteiger partial charge in [0, 0.05) is 60.4 Å². The maximum atomic E-state index is 14.6. The third-order valence-corrected chi connectivity index (χ3v) is 9.67. The first kappa shape index (κ1) is 30.4. The van der Waals surface area contributed by atoms with Gasteiger partial charge < -0.3 is 19.5 Å². The lowest BCUT2D eigenvalue weighted by molar-refractivity contribution is 0.0658. The van der Waals surface area contributed by atoms with Gasteiger partial charge in [-0.25, -0.2) is 4.98 Å². The summed E-state index contributed by atoms with van der Waals surface area (Å²) in [5.41, 5.74) is 9.95. The van der Waals surface area contributed by atoms with Gasteiger partial charge >= 0.3 is 0 Å². The van der Waals surface area contributed by atoms with E-state index in [0.717, 1.165) is 54.1 Å². The van der Waals surface area contributed by atoms with E-state index in [0.29, 0.717) is 29.2 Å². The number of anilines is 2. The molecule has 5 aromatic rings. The molecule has 0 unspecified atom stereocenters. The number of hydrogen-bond donors (Lipinski definition) is 1. The van der Waals surface area contributed by atoms with Crippen LogP contribution in [0.25, 0.3) is 11.3 Å². The molecule has 1 N–H and O–H groups in total. The van der Waals surface area contributed by atoms with Crippen molar-refractivity contribution in [3.05, 3.63) is 130 Å². The number of para-hydroxylation sites is 1. The Bertz CT molecular complexity index is 1970. The van der Waals surface area contributed by atoms with Crippen molar-refractivity contribution in [2.75, 3.05) is 18.6 Å². The molecule has 0 fully saturated rings. The lowest BCUT2D eigenvalue weighted by atomic mass is 9.90. The Morgan fingerprint density at radius 2 is 1.66 bits per heavy atom. The Morgan fingerprint density at radius 3 is 2.40 bits per heavy atom. The van der Waals surface area contributed by atoms with Crippen LogP contribution in [0.5, 0.6) is 5.88 Å². The smallest absolute Gasteiger partial charge is 0.264 e. The Hall–Kier alpha value is -5.21. The van der Waals surface area contributed by atoms with Crippen LogP contribution < -0.4 is 15.0 Å². The molecule has 3 aromatic carbocycles. The Kier molecular flexibility index (Phi) is 8.12. The van der Waals surface area contributed by atoms with Crippen molar-refractivity contribution in [1.82, 2.24) is 19.8 Å². The molecular formula is C39H39N5O3. The molecular weight excluding hydrogens is 586 g/mol. The second-order valence-electron chi connectivity index (χ2n) is 12.5. The molecule has 8 nitrogen and oxygen atoms in total. The van der Waals surface area contributed by atoms with Crippen LogP contribution in [-0.4, -0.2) is 46.0 Å². The third kappa shape index (κ3) is 5.59. The molecule has 47 heavy (non-hydrogen) atoms. The van der Waals surface area contributed by atoms with Gasteiger partial charge in [-0.1, -0.05) is 42.5 Å². The zero-order chi connectivity index (χ0) is 32.7. The van der Waals surface area contributed by atoms with Gasteiger partial charge in [0.2, 0.25) is 5.88 Å². The summed E-state index contributed by atoms with van der Waals surface area (Å²) in [5, 5.41) is 3.46. The maximum Gasteiger partial charge on any atom is 0.264 e. The molecule has 2 aromatic heterocycles. The Labute approximate surface area is 275 Å². The summed E-state index contributed by atoms with van der Waals surface area (Å²) in [6, 6.07) is 27.8. The predicted molar refractivity (Wildman–Crippen MR) is 184 cm³/mol. The fourth-order valence-electron chi connectivity index (χ4n) is 6.91. The van der Waals surface area contributed by atoms with Crippen molar-refractivity contribution in [3.63, 3.8) is 0 Å². The van der Waals surface area contributed by atoms with Crippen LogP contribution in [0.4, 0.5) is 11.4 Å². The van der Waals surface area contributed by atoms with Gasteiger partial charge in [0.05, 0.1) is 24.6 Å². The molecule has 7 rings (SSSR count). The summed E-state index contributed by atoms with van der Waals surface area (Å²) in [4.78, 5) is 37.2. The van der Waals surface area contributed by atoms with Crippen LogP contribution in [0.3, 0.4) is 0 Å². The number of carbonyl (C=O) groups is 2. The average Bonchev–Trinajstić information content (AvgIpc) is 3.41. The van der Waals surface area contributed by atoms with Crippen LogP contribution in [0.2, 0.25) is 0 Å². The van der Waals surface area contributed by atoms with Crippen molar-refractivity contribution in [3.8, 4) is 17.1 Å². The van der Waals surface area contributed by atoms with Gasteiger partial charge in [-0.2, -0.15) is 0 Å². The molecule has 0 saturated heterocycles. The van der Waals surface area contributed by atoms with Gasteiger partial charge in [0.15, 0.2) is 0 Å². The maximum absolute atomic E-state index is 14.6. The lowest BCUT2D eigenvalue weighted by Crippen LogP contribution is -2.43. The van der Waals surface area contributed by atoms with E-state index in [1.54, 1.807) is 24.3 Å². The number of aromatic nitrogens is 2. The monoisotopic (exact) mass is 625 g/mol. The highest BCUT2D eigenvalue weighted by atomic mass is 16.5. The second-order valence-corrected chi connectivity index (χ2v) is 12.5. The number of hydrogen-bond acceptors (Lipinski definition) is 5. The van der Waals surface area contributed by atoms with Crippen LogP contribution in [0.1, 0.15) is 55.6 Å². The minimum Gasteiger partial charge on any atom is -0.481 e. The second kappa shape index (κ2) is 12.5. The molecule has 238 valence electrons. The number of ether oxygens (including phenoxy) is 1. The first-order valence-corrected chi connectivity index (χ1v) is 16.1. The Morgan fingerprint density at radius 1 is 0.894 bits per heavy atom. The van der Waals surface area contributed by atoms with Crippen LogP contribution in [-0.2, 0) is 33.0 Å². The number of methoxy groups -OCH3 is 1. The van der Waals surface area contributed by atoms with Crippen LogP contribution in [0.15, 0.2) is 91.1 Å². The molecule has 0 spiro atoms. The average molecular weight is 626 g/mol. The quantitative estimate of drug-likeness (QED) is 0.230. The van der Waals surface area contributed by atoms with E-state index >= 15 is 0 Å². The fourth-order valence-corrected chi connectivity index (χ4v) is 6.91. The van der Waals surface area contributed by atoms with E-state index in [1.807, 2.05) is 72.0 Å². The van der Waals surface area contributed by atoms with Crippen molar-refractivity contribution in [2.45, 2.75) is 45.8 Å². The minimum atomic E-state index is -0.182. The normalized spacial score (nSPS) is 15.5. The molecule has 4 heterocycles. The van der Waals surface area contributed by atoms with Gasteiger partial charge in [-0.15, -0.1) is 0 Å². The third-order valence-electron chi connectivity index (χ3n) is 9.67. The highest BCUT2D eigenvalue weighted by Gasteiger charge is 2.32. The number of carbonyl (C=O) groups excluding carboxylic acids is 2. The largest absolute Gasteiger partial charge is 0.481 e. The standard InChI is InChI=1S/C39H39N5O3/c1-25-18-27-10-8-9-11-29(27)24-43(25)38(45)35-20-30-22-40-17-16-28(30)19-34(35)36-21-33(26(2)42(36)3)39(46)44(31-12-6-5-7-13-31)32-14-15-37(47-4)41-23-32/h5-15,19-21,23,25,40H,16-18,22,24H2,1-4H3/t25-/m1/s1. The van der Waals surface area contributed by atoms with E-state index in [2.05, 4.69) is 47.6 Å². The fraction of sp³-hybridized carbons (Fsp3) is 0.256. The topological polar surface area (TPSA) is 79.7 Å². The highest BCUT2D eigenvalue weighted by molar-refractivity contribution is 6.12. The molecule has 1 atom stereocenters. The van der Waals surface area contributed by atoms with E-state index < -0.39 is 0 Å². The van der Waals surface area contributed by atoms with Gasteiger partial charge in [-0.3, -0.25) is 14.5 Å². The SMILES string of the molecule is COc1ccc(N(C(=O)c2cc(-c3cc4c(cc3C(=O)N3Cc5ccccc5C[C@H]3C)CNCC4)n(C)c2C)c2ccccc2)cn1. The zero-order valence-electron chi connectivity index (χ0n) is 27.3. The predicted octanol–water partition coefficient (Wildman–Crippen LogP) is 6.62. The molecule has 2 aliphatic heterocycles. The lowest BCUT2D eigenvalue weighted by Gasteiger charge is -2.35. The Balaban J connectivity index is 1.32. The number of rotatable bonds is 6. The van der Waals surface area contributed by atoms with E-state index in [-0.39, 0.29) is 17.9 Å².